The fourth-order valence-corrected chi connectivity index (χ4v) is 5.65. The van der Waals surface area contributed by atoms with Crippen LogP contribution < -0.4 is 0 Å². The summed E-state index contributed by atoms with van der Waals surface area (Å²) >= 11 is 2.32. The van der Waals surface area contributed by atoms with Crippen LogP contribution >= 0.6 is 22.6 Å². The first-order chi connectivity index (χ1) is 10.1. The topological polar surface area (TPSA) is 48.0 Å². The predicted octanol–water partition coefficient (Wildman–Crippen LogP) is 1.77. The first kappa shape index (κ1) is 14.2. The van der Waals surface area contributed by atoms with E-state index in [1.165, 1.54) is 0 Å². The summed E-state index contributed by atoms with van der Waals surface area (Å²) in [6.45, 7) is 0. The predicted molar refractivity (Wildman–Crippen MR) is 83.9 cm³/mol. The molecule has 0 N–H and O–H groups in total. The van der Waals surface area contributed by atoms with Crippen LogP contribution in [0.1, 0.15) is 19.3 Å². The van der Waals surface area contributed by atoms with Gasteiger partial charge in [0.25, 0.3) is 0 Å². The van der Waals surface area contributed by atoms with E-state index in [1.807, 2.05) is 0 Å². The molecule has 4 aliphatic rings. The quantitative estimate of drug-likeness (QED) is 0.409. The highest BCUT2D eigenvalue weighted by Crippen LogP contribution is 2.57. The molecule has 1 aliphatic carbocycles. The molecule has 5 nitrogen and oxygen atoms in total. The Kier molecular flexibility index (Phi) is 3.22. The molecular weight excluding hydrogens is 385 g/mol. The van der Waals surface area contributed by atoms with Crippen LogP contribution in [-0.2, 0) is 19.0 Å². The summed E-state index contributed by atoms with van der Waals surface area (Å²) in [4.78, 5) is 14.3. The van der Waals surface area contributed by atoms with Crippen LogP contribution in [0.5, 0.6) is 0 Å². The van der Waals surface area contributed by atoms with E-state index in [4.69, 9.17) is 14.2 Å². The van der Waals surface area contributed by atoms with Crippen molar-refractivity contribution in [1.29, 1.82) is 0 Å². The van der Waals surface area contributed by atoms with E-state index in [0.717, 1.165) is 28.4 Å². The molecule has 21 heavy (non-hydrogen) atoms. The van der Waals surface area contributed by atoms with E-state index in [1.54, 1.807) is 20.3 Å². The van der Waals surface area contributed by atoms with Crippen LogP contribution in [0.3, 0.4) is 0 Å². The van der Waals surface area contributed by atoms with Crippen LogP contribution in [0.2, 0.25) is 0 Å². The third-order valence-corrected chi connectivity index (χ3v) is 6.23. The molecule has 2 saturated heterocycles. The molecule has 0 amide bonds. The molecule has 4 unspecified atom stereocenters. The maximum absolute atomic E-state index is 11.9. The maximum Gasteiger partial charge on any atom is 0.332 e. The highest BCUT2D eigenvalue weighted by molar-refractivity contribution is 14.1. The number of methoxy groups -OCH3 is 2. The fourth-order valence-electron chi connectivity index (χ4n) is 4.63. The lowest BCUT2D eigenvalue weighted by atomic mass is 9.81. The van der Waals surface area contributed by atoms with Crippen LogP contribution in [0.4, 0.5) is 0 Å². The fraction of sp³-hybridized carbons (Fsp3) is 0.667. The van der Waals surface area contributed by atoms with E-state index in [2.05, 4.69) is 33.6 Å². The summed E-state index contributed by atoms with van der Waals surface area (Å²) in [6.07, 6.45) is 6.57. The Bertz CT molecular complexity index is 556. The number of hydrogen-bond donors (Lipinski definition) is 0. The van der Waals surface area contributed by atoms with Gasteiger partial charge in [-0.3, -0.25) is 4.90 Å². The molecule has 3 heterocycles. The molecule has 114 valence electrons. The van der Waals surface area contributed by atoms with E-state index >= 15 is 0 Å². The summed E-state index contributed by atoms with van der Waals surface area (Å²) in [5.41, 5.74) is 0.636. The van der Waals surface area contributed by atoms with Crippen molar-refractivity contribution < 1.29 is 19.0 Å². The van der Waals surface area contributed by atoms with E-state index in [0.29, 0.717) is 6.04 Å². The maximum atomic E-state index is 11.9. The highest BCUT2D eigenvalue weighted by atomic mass is 127. The second kappa shape index (κ2) is 4.78. The SMILES string of the molecule is COC(OC)C1CCC2N1C1C=C(I)C3=CC(=O)OC32C1. The van der Waals surface area contributed by atoms with Crippen molar-refractivity contribution in [3.8, 4) is 0 Å². The average Bonchev–Trinajstić information content (AvgIpc) is 3.08. The third kappa shape index (κ3) is 1.76. The van der Waals surface area contributed by atoms with Crippen molar-refractivity contribution in [2.75, 3.05) is 14.2 Å². The molecule has 0 aromatic carbocycles. The van der Waals surface area contributed by atoms with Gasteiger partial charge in [0, 0.05) is 41.9 Å². The zero-order valence-corrected chi connectivity index (χ0v) is 14.2. The van der Waals surface area contributed by atoms with Crippen molar-refractivity contribution >= 4 is 28.6 Å². The van der Waals surface area contributed by atoms with Gasteiger partial charge in [0.15, 0.2) is 11.9 Å². The smallest absolute Gasteiger partial charge is 0.332 e. The monoisotopic (exact) mass is 403 g/mol. The molecule has 0 radical (unpaired) electrons. The zero-order valence-electron chi connectivity index (χ0n) is 12.0. The Morgan fingerprint density at radius 3 is 2.90 bits per heavy atom. The van der Waals surface area contributed by atoms with Gasteiger partial charge in [0.2, 0.25) is 0 Å². The Labute approximate surface area is 137 Å². The van der Waals surface area contributed by atoms with Crippen LogP contribution in [0, 0.1) is 0 Å². The number of fused-ring (bicyclic) bond motifs is 3. The van der Waals surface area contributed by atoms with Crippen molar-refractivity contribution in [3.05, 3.63) is 21.3 Å². The van der Waals surface area contributed by atoms with Gasteiger partial charge in [-0.05, 0) is 35.4 Å². The second-order valence-electron chi connectivity index (χ2n) is 6.10. The Hall–Kier alpha value is -0.440. The van der Waals surface area contributed by atoms with Gasteiger partial charge < -0.3 is 14.2 Å². The number of carbonyl (C=O) groups excluding carboxylic acids is 1. The zero-order chi connectivity index (χ0) is 14.8. The Morgan fingerprint density at radius 1 is 1.43 bits per heavy atom. The first-order valence-corrected chi connectivity index (χ1v) is 8.34. The average molecular weight is 403 g/mol. The van der Waals surface area contributed by atoms with E-state index in [9.17, 15) is 4.79 Å². The lowest BCUT2D eigenvalue weighted by molar-refractivity contribution is -0.151. The summed E-state index contributed by atoms with van der Waals surface area (Å²) in [6, 6.07) is 0.750. The number of esters is 1. The molecule has 4 rings (SSSR count). The van der Waals surface area contributed by atoms with Gasteiger partial charge in [-0.25, -0.2) is 4.79 Å². The van der Waals surface area contributed by atoms with Gasteiger partial charge in [-0.15, -0.1) is 0 Å². The summed E-state index contributed by atoms with van der Waals surface area (Å²) in [5.74, 6) is -0.200. The number of hydrogen-bond acceptors (Lipinski definition) is 5. The third-order valence-electron chi connectivity index (χ3n) is 5.29. The number of carbonyl (C=O) groups is 1. The minimum atomic E-state index is -0.437. The van der Waals surface area contributed by atoms with E-state index in [-0.39, 0.29) is 24.3 Å². The second-order valence-corrected chi connectivity index (χ2v) is 7.26. The minimum Gasteiger partial charge on any atom is -0.449 e. The van der Waals surface area contributed by atoms with Gasteiger partial charge in [-0.1, -0.05) is 6.08 Å². The van der Waals surface area contributed by atoms with Crippen LogP contribution in [-0.4, -0.2) is 55.1 Å². The first-order valence-electron chi connectivity index (χ1n) is 7.26. The summed E-state index contributed by atoms with van der Waals surface area (Å²) in [7, 11) is 3.37. The minimum absolute atomic E-state index is 0.200. The van der Waals surface area contributed by atoms with E-state index < -0.39 is 5.60 Å². The Morgan fingerprint density at radius 2 is 2.19 bits per heavy atom. The number of ether oxygens (including phenoxy) is 3. The lowest BCUT2D eigenvalue weighted by Crippen LogP contribution is -2.48. The number of halogens is 1. The van der Waals surface area contributed by atoms with Gasteiger partial charge in [0.05, 0.1) is 12.1 Å². The summed E-state index contributed by atoms with van der Waals surface area (Å²) in [5, 5.41) is 0. The molecule has 2 fully saturated rings. The molecule has 0 aromatic rings. The molecule has 3 aliphatic heterocycles. The van der Waals surface area contributed by atoms with Crippen LogP contribution in [0.25, 0.3) is 0 Å². The molecule has 6 heteroatoms. The molecule has 0 aromatic heterocycles. The van der Waals surface area contributed by atoms with Crippen molar-refractivity contribution in [2.24, 2.45) is 0 Å². The number of rotatable bonds is 3. The normalized spacial score (nSPS) is 41.0. The Balaban J connectivity index is 1.75. The van der Waals surface area contributed by atoms with Crippen molar-refractivity contribution in [3.63, 3.8) is 0 Å². The highest BCUT2D eigenvalue weighted by Gasteiger charge is 2.65. The lowest BCUT2D eigenvalue weighted by Gasteiger charge is -2.33. The molecular formula is C15H18INO4. The number of nitrogens with zero attached hydrogens (tertiary/aromatic N) is 1. The molecule has 4 atom stereocenters. The van der Waals surface area contributed by atoms with Crippen molar-refractivity contribution in [1.82, 2.24) is 4.90 Å². The molecule has 1 spiro atoms. The van der Waals surface area contributed by atoms with Gasteiger partial charge in [0.1, 0.15) is 0 Å². The van der Waals surface area contributed by atoms with Crippen LogP contribution in [0.15, 0.2) is 21.3 Å². The largest absolute Gasteiger partial charge is 0.449 e. The standard InChI is InChI=1S/C15H18INO4/c1-19-14(20-2)11-3-4-12-15-7-8(17(11)12)5-10(16)9(15)6-13(18)21-15/h5-6,8,11-12,14H,3-4,7H2,1-2H3. The van der Waals surface area contributed by atoms with Gasteiger partial charge >= 0.3 is 5.97 Å². The van der Waals surface area contributed by atoms with Crippen molar-refractivity contribution in [2.45, 2.75) is 49.3 Å². The molecule has 2 bridgehead atoms. The summed E-state index contributed by atoms with van der Waals surface area (Å²) < 4.78 is 17.9. The van der Waals surface area contributed by atoms with Gasteiger partial charge in [-0.2, -0.15) is 0 Å². The molecule has 0 saturated carbocycles.